The Morgan fingerprint density at radius 2 is 2.00 bits per heavy atom. The fraction of sp³-hybridized carbons (Fsp3) is 0.429. The van der Waals surface area contributed by atoms with Crippen LogP contribution in [0.4, 0.5) is 5.95 Å². The van der Waals surface area contributed by atoms with Gasteiger partial charge < -0.3 is 10.3 Å². The number of nitrogens with zero attached hydrogens (tertiary/aromatic N) is 2. The molecule has 1 aromatic carbocycles. The maximum atomic E-state index is 11.3. The number of ketones is 1. The van der Waals surface area contributed by atoms with Crippen LogP contribution in [0.25, 0.3) is 11.0 Å². The molecule has 2 N–H and O–H groups in total. The van der Waals surface area contributed by atoms with E-state index in [0.29, 0.717) is 12.5 Å². The van der Waals surface area contributed by atoms with Crippen molar-refractivity contribution in [1.82, 2.24) is 9.55 Å². The fourth-order valence-corrected chi connectivity index (χ4v) is 2.76. The molecule has 0 amide bonds. The Morgan fingerprint density at radius 3 is 2.67 bits per heavy atom. The van der Waals surface area contributed by atoms with E-state index in [1.807, 2.05) is 4.57 Å². The first-order chi connectivity index (χ1) is 8.65. The molecule has 1 aromatic heterocycles. The van der Waals surface area contributed by atoms with Crippen LogP contribution in [-0.4, -0.2) is 15.3 Å². The highest BCUT2D eigenvalue weighted by Crippen LogP contribution is 2.27. The molecule has 0 bridgehead atoms. The number of anilines is 1. The third-order valence-corrected chi connectivity index (χ3v) is 3.62. The summed E-state index contributed by atoms with van der Waals surface area (Å²) in [6.07, 6.45) is 4.75. The highest BCUT2D eigenvalue weighted by Gasteiger charge is 2.15. The van der Waals surface area contributed by atoms with Crippen molar-refractivity contribution in [2.24, 2.45) is 0 Å². The number of hydrogen-bond donors (Lipinski definition) is 1. The van der Waals surface area contributed by atoms with E-state index in [1.54, 1.807) is 6.92 Å². The van der Waals surface area contributed by atoms with Gasteiger partial charge in [-0.15, -0.1) is 0 Å². The van der Waals surface area contributed by atoms with Crippen LogP contribution in [0.3, 0.4) is 0 Å². The highest BCUT2D eigenvalue weighted by molar-refractivity contribution is 5.84. The Balaban J connectivity index is 2.18. The maximum Gasteiger partial charge on any atom is 0.201 e. The van der Waals surface area contributed by atoms with E-state index in [9.17, 15) is 4.79 Å². The second-order valence-corrected chi connectivity index (χ2v) is 5.07. The summed E-state index contributed by atoms with van der Waals surface area (Å²) in [6.45, 7) is 1.88. The molecule has 0 saturated heterocycles. The van der Waals surface area contributed by atoms with Crippen molar-refractivity contribution < 1.29 is 4.79 Å². The monoisotopic (exact) mass is 243 g/mol. The number of aromatic nitrogens is 2. The summed E-state index contributed by atoms with van der Waals surface area (Å²) >= 11 is 0. The van der Waals surface area contributed by atoms with Crippen LogP contribution in [-0.2, 0) is 24.2 Å². The van der Waals surface area contributed by atoms with Crippen LogP contribution in [0, 0.1) is 0 Å². The van der Waals surface area contributed by atoms with Gasteiger partial charge in [0.05, 0.1) is 17.6 Å². The molecule has 1 aliphatic rings. The van der Waals surface area contributed by atoms with Gasteiger partial charge in [0, 0.05) is 0 Å². The minimum absolute atomic E-state index is 0.0960. The standard InChI is InChI=1S/C14H17N3O/c1-9(18)8-17-13-7-11-5-3-2-4-10(11)6-12(13)16-14(17)15/h6-7H,2-5,8H2,1H3,(H2,15,16). The molecular weight excluding hydrogens is 226 g/mol. The molecule has 94 valence electrons. The lowest BCUT2D eigenvalue weighted by atomic mass is 9.91. The molecule has 0 saturated carbocycles. The number of carbonyl (C=O) groups is 1. The Bertz CT molecular complexity index is 627. The number of hydrogen-bond acceptors (Lipinski definition) is 3. The smallest absolute Gasteiger partial charge is 0.201 e. The number of benzene rings is 1. The highest BCUT2D eigenvalue weighted by atomic mass is 16.1. The predicted octanol–water partition coefficient (Wildman–Crippen LogP) is 2.09. The summed E-state index contributed by atoms with van der Waals surface area (Å²) in [7, 11) is 0. The minimum Gasteiger partial charge on any atom is -0.369 e. The molecule has 1 aliphatic carbocycles. The quantitative estimate of drug-likeness (QED) is 0.878. The Hall–Kier alpha value is -1.84. The normalized spacial score (nSPS) is 14.7. The molecular formula is C14H17N3O. The van der Waals surface area contributed by atoms with Crippen molar-refractivity contribution in [3.63, 3.8) is 0 Å². The number of imidazole rings is 1. The van der Waals surface area contributed by atoms with Gasteiger partial charge in [-0.05, 0) is 55.9 Å². The molecule has 0 unspecified atom stereocenters. The fourth-order valence-electron chi connectivity index (χ4n) is 2.76. The van der Waals surface area contributed by atoms with E-state index in [1.165, 1.54) is 24.0 Å². The van der Waals surface area contributed by atoms with E-state index in [4.69, 9.17) is 5.73 Å². The zero-order valence-electron chi connectivity index (χ0n) is 10.6. The van der Waals surface area contributed by atoms with Gasteiger partial charge in [0.2, 0.25) is 5.95 Å². The first-order valence-electron chi connectivity index (χ1n) is 6.42. The van der Waals surface area contributed by atoms with Gasteiger partial charge in [-0.1, -0.05) is 0 Å². The second-order valence-electron chi connectivity index (χ2n) is 5.07. The van der Waals surface area contributed by atoms with Crippen molar-refractivity contribution in [2.45, 2.75) is 39.2 Å². The molecule has 0 atom stereocenters. The Kier molecular flexibility index (Phi) is 2.58. The summed E-state index contributed by atoms with van der Waals surface area (Å²) < 4.78 is 1.81. The van der Waals surface area contributed by atoms with Crippen molar-refractivity contribution in [3.05, 3.63) is 23.3 Å². The van der Waals surface area contributed by atoms with Crippen LogP contribution in [0.5, 0.6) is 0 Å². The Labute approximate surface area is 106 Å². The van der Waals surface area contributed by atoms with Gasteiger partial charge in [-0.25, -0.2) is 4.98 Å². The van der Waals surface area contributed by atoms with E-state index in [0.717, 1.165) is 23.9 Å². The number of nitrogens with two attached hydrogens (primary N) is 1. The zero-order chi connectivity index (χ0) is 12.7. The van der Waals surface area contributed by atoms with Crippen molar-refractivity contribution in [1.29, 1.82) is 0 Å². The first-order valence-corrected chi connectivity index (χ1v) is 6.42. The largest absolute Gasteiger partial charge is 0.369 e. The average Bonchev–Trinajstić information content (AvgIpc) is 2.62. The summed E-state index contributed by atoms with van der Waals surface area (Å²) in [5.74, 6) is 0.529. The summed E-state index contributed by atoms with van der Waals surface area (Å²) in [5, 5.41) is 0. The topological polar surface area (TPSA) is 60.9 Å². The molecule has 4 nitrogen and oxygen atoms in total. The molecule has 1 heterocycles. The van der Waals surface area contributed by atoms with E-state index < -0.39 is 0 Å². The predicted molar refractivity (Wildman–Crippen MR) is 71.5 cm³/mol. The lowest BCUT2D eigenvalue weighted by Crippen LogP contribution is -2.10. The van der Waals surface area contributed by atoms with Gasteiger partial charge in [0.1, 0.15) is 5.78 Å². The minimum atomic E-state index is 0.0960. The van der Waals surface area contributed by atoms with Crippen LogP contribution in [0.2, 0.25) is 0 Å². The zero-order valence-corrected chi connectivity index (χ0v) is 10.6. The average molecular weight is 243 g/mol. The molecule has 0 fully saturated rings. The molecule has 0 spiro atoms. The SMILES string of the molecule is CC(=O)Cn1c(N)nc2cc3c(cc21)CCCC3. The summed E-state index contributed by atoms with van der Waals surface area (Å²) in [5.41, 5.74) is 10.6. The number of fused-ring (bicyclic) bond motifs is 2. The third kappa shape index (κ3) is 1.78. The number of carbonyl (C=O) groups excluding carboxylic acids is 1. The van der Waals surface area contributed by atoms with Crippen molar-refractivity contribution in [3.8, 4) is 0 Å². The van der Waals surface area contributed by atoms with Crippen LogP contribution in [0.1, 0.15) is 30.9 Å². The molecule has 0 radical (unpaired) electrons. The van der Waals surface area contributed by atoms with Gasteiger partial charge in [-0.3, -0.25) is 4.79 Å². The van der Waals surface area contributed by atoms with Gasteiger partial charge in [0.15, 0.2) is 0 Å². The lowest BCUT2D eigenvalue weighted by molar-refractivity contribution is -0.117. The summed E-state index contributed by atoms with van der Waals surface area (Å²) in [6, 6.07) is 4.30. The molecule has 3 rings (SSSR count). The van der Waals surface area contributed by atoms with Gasteiger partial charge in [0.25, 0.3) is 0 Å². The lowest BCUT2D eigenvalue weighted by Gasteiger charge is -2.15. The molecule has 0 aliphatic heterocycles. The van der Waals surface area contributed by atoms with E-state index in [2.05, 4.69) is 17.1 Å². The summed E-state index contributed by atoms with van der Waals surface area (Å²) in [4.78, 5) is 15.7. The first kappa shape index (κ1) is 11.3. The molecule has 2 aromatic rings. The van der Waals surface area contributed by atoms with Crippen molar-refractivity contribution >= 4 is 22.8 Å². The van der Waals surface area contributed by atoms with Crippen molar-refractivity contribution in [2.75, 3.05) is 5.73 Å². The van der Waals surface area contributed by atoms with Crippen LogP contribution >= 0.6 is 0 Å². The van der Waals surface area contributed by atoms with Crippen LogP contribution in [0.15, 0.2) is 12.1 Å². The third-order valence-electron chi connectivity index (χ3n) is 3.62. The molecule has 4 heteroatoms. The Morgan fingerprint density at radius 1 is 1.33 bits per heavy atom. The van der Waals surface area contributed by atoms with E-state index in [-0.39, 0.29) is 5.78 Å². The number of aryl methyl sites for hydroxylation is 2. The number of rotatable bonds is 2. The second kappa shape index (κ2) is 4.12. The van der Waals surface area contributed by atoms with Crippen LogP contribution < -0.4 is 5.73 Å². The van der Waals surface area contributed by atoms with Gasteiger partial charge in [-0.2, -0.15) is 0 Å². The number of Topliss-reactive ketones (excluding diaryl/α,β-unsaturated/α-hetero) is 1. The maximum absolute atomic E-state index is 11.3. The number of nitrogen functional groups attached to an aromatic ring is 1. The van der Waals surface area contributed by atoms with E-state index >= 15 is 0 Å². The molecule has 18 heavy (non-hydrogen) atoms. The van der Waals surface area contributed by atoms with Gasteiger partial charge >= 0.3 is 0 Å².